The summed E-state index contributed by atoms with van der Waals surface area (Å²) in [6.45, 7) is 0. The summed E-state index contributed by atoms with van der Waals surface area (Å²) >= 11 is 0. The summed E-state index contributed by atoms with van der Waals surface area (Å²) < 4.78 is 28.5. The average molecular weight is 276 g/mol. The van der Waals surface area contributed by atoms with Crippen molar-refractivity contribution in [1.29, 1.82) is 0 Å². The number of nitrogens with one attached hydrogen (secondary N) is 1. The fourth-order valence-corrected chi connectivity index (χ4v) is 2.71. The molecule has 0 amide bonds. The van der Waals surface area contributed by atoms with Gasteiger partial charge in [-0.25, -0.2) is 13.4 Å². The van der Waals surface area contributed by atoms with E-state index in [1.807, 2.05) is 18.2 Å². The van der Waals surface area contributed by atoms with Gasteiger partial charge in [0.1, 0.15) is 11.3 Å². The second-order valence-corrected chi connectivity index (χ2v) is 6.29. The molecule has 98 valence electrons. The molecule has 2 aromatic heterocycles. The van der Waals surface area contributed by atoms with Gasteiger partial charge in [0.05, 0.1) is 23.5 Å². The van der Waals surface area contributed by atoms with Crippen molar-refractivity contribution in [2.45, 2.75) is 5.03 Å². The SMILES string of the molecule is COc1cccc2[nH]c3ccc(S(C)(=O)=O)nc3c12. The van der Waals surface area contributed by atoms with E-state index >= 15 is 0 Å². The van der Waals surface area contributed by atoms with Crippen LogP contribution in [-0.4, -0.2) is 31.8 Å². The summed E-state index contributed by atoms with van der Waals surface area (Å²) in [5.74, 6) is 0.668. The van der Waals surface area contributed by atoms with Crippen LogP contribution in [0.2, 0.25) is 0 Å². The zero-order valence-electron chi connectivity index (χ0n) is 10.5. The van der Waals surface area contributed by atoms with Crippen molar-refractivity contribution in [3.63, 3.8) is 0 Å². The van der Waals surface area contributed by atoms with Gasteiger partial charge in [0, 0.05) is 6.26 Å². The zero-order chi connectivity index (χ0) is 13.6. The molecule has 0 saturated carbocycles. The molecule has 0 bridgehead atoms. The lowest BCUT2D eigenvalue weighted by Crippen LogP contribution is -1.99. The fourth-order valence-electron chi connectivity index (χ4n) is 2.13. The molecule has 0 aliphatic carbocycles. The number of benzene rings is 1. The Morgan fingerprint density at radius 2 is 1.95 bits per heavy atom. The van der Waals surface area contributed by atoms with E-state index in [0.717, 1.165) is 22.7 Å². The Hall–Kier alpha value is -2.08. The number of sulfone groups is 1. The van der Waals surface area contributed by atoms with Gasteiger partial charge in [0.25, 0.3) is 0 Å². The first-order valence-corrected chi connectivity index (χ1v) is 7.55. The van der Waals surface area contributed by atoms with Gasteiger partial charge in [-0.15, -0.1) is 0 Å². The van der Waals surface area contributed by atoms with Crippen LogP contribution in [0.4, 0.5) is 0 Å². The minimum atomic E-state index is -3.33. The molecule has 0 unspecified atom stereocenters. The molecule has 0 atom stereocenters. The number of ether oxygens (including phenoxy) is 1. The summed E-state index contributed by atoms with van der Waals surface area (Å²) in [5, 5.41) is 0.859. The highest BCUT2D eigenvalue weighted by Crippen LogP contribution is 2.32. The number of nitrogens with zero attached hydrogens (tertiary/aromatic N) is 1. The number of pyridine rings is 1. The van der Waals surface area contributed by atoms with Gasteiger partial charge in [0.2, 0.25) is 0 Å². The number of hydrogen-bond donors (Lipinski definition) is 1. The largest absolute Gasteiger partial charge is 0.496 e. The minimum Gasteiger partial charge on any atom is -0.496 e. The Kier molecular flexibility index (Phi) is 2.50. The predicted octanol–water partition coefficient (Wildman–Crippen LogP) is 2.13. The average Bonchev–Trinajstić information content (AvgIpc) is 2.75. The molecule has 0 spiro atoms. The molecule has 0 radical (unpaired) electrons. The maximum Gasteiger partial charge on any atom is 0.192 e. The molecule has 1 aromatic carbocycles. The second kappa shape index (κ2) is 3.96. The molecule has 6 heteroatoms. The lowest BCUT2D eigenvalue weighted by atomic mass is 10.2. The van der Waals surface area contributed by atoms with Gasteiger partial charge in [-0.2, -0.15) is 0 Å². The molecule has 3 aromatic rings. The Balaban J connectivity index is 2.47. The first-order chi connectivity index (χ1) is 9.00. The van der Waals surface area contributed by atoms with Crippen molar-refractivity contribution >= 4 is 31.8 Å². The third kappa shape index (κ3) is 1.84. The van der Waals surface area contributed by atoms with Gasteiger partial charge >= 0.3 is 0 Å². The van der Waals surface area contributed by atoms with Crippen molar-refractivity contribution in [1.82, 2.24) is 9.97 Å². The van der Waals surface area contributed by atoms with Crippen LogP contribution in [0.15, 0.2) is 35.4 Å². The Labute approximate surface area is 110 Å². The van der Waals surface area contributed by atoms with Crippen molar-refractivity contribution < 1.29 is 13.2 Å². The molecule has 19 heavy (non-hydrogen) atoms. The Bertz CT molecular complexity index is 881. The lowest BCUT2D eigenvalue weighted by Gasteiger charge is -2.01. The van der Waals surface area contributed by atoms with Crippen LogP contribution >= 0.6 is 0 Å². The molecule has 3 rings (SSSR count). The van der Waals surface area contributed by atoms with Crippen LogP contribution in [0.25, 0.3) is 21.9 Å². The van der Waals surface area contributed by atoms with E-state index in [4.69, 9.17) is 4.74 Å². The lowest BCUT2D eigenvalue weighted by molar-refractivity contribution is 0.420. The molecule has 0 aliphatic heterocycles. The summed E-state index contributed by atoms with van der Waals surface area (Å²) in [6.07, 6.45) is 1.15. The molecule has 0 fully saturated rings. The summed E-state index contributed by atoms with van der Waals surface area (Å²) in [5.41, 5.74) is 2.26. The summed E-state index contributed by atoms with van der Waals surface area (Å²) in [7, 11) is -1.75. The van der Waals surface area contributed by atoms with Crippen molar-refractivity contribution in [3.05, 3.63) is 30.3 Å². The molecule has 0 saturated heterocycles. The summed E-state index contributed by atoms with van der Waals surface area (Å²) in [6, 6.07) is 8.82. The van der Waals surface area contributed by atoms with Crippen LogP contribution in [-0.2, 0) is 9.84 Å². The maximum atomic E-state index is 11.6. The second-order valence-electron chi connectivity index (χ2n) is 4.33. The van der Waals surface area contributed by atoms with E-state index < -0.39 is 9.84 Å². The van der Waals surface area contributed by atoms with Gasteiger partial charge in [-0.1, -0.05) is 6.07 Å². The highest BCUT2D eigenvalue weighted by Gasteiger charge is 2.14. The van der Waals surface area contributed by atoms with Crippen molar-refractivity contribution in [2.75, 3.05) is 13.4 Å². The molecule has 1 N–H and O–H groups in total. The van der Waals surface area contributed by atoms with Crippen LogP contribution in [0, 0.1) is 0 Å². The Morgan fingerprint density at radius 1 is 1.16 bits per heavy atom. The van der Waals surface area contributed by atoms with E-state index in [2.05, 4.69) is 9.97 Å². The normalized spacial score (nSPS) is 12.1. The number of aromatic amines is 1. The monoisotopic (exact) mass is 276 g/mol. The zero-order valence-corrected chi connectivity index (χ0v) is 11.3. The molecule has 2 heterocycles. The number of fused-ring (bicyclic) bond motifs is 3. The van der Waals surface area contributed by atoms with Crippen LogP contribution in [0.3, 0.4) is 0 Å². The van der Waals surface area contributed by atoms with E-state index in [1.165, 1.54) is 6.07 Å². The first-order valence-electron chi connectivity index (χ1n) is 5.66. The van der Waals surface area contributed by atoms with E-state index in [1.54, 1.807) is 13.2 Å². The summed E-state index contributed by atoms with van der Waals surface area (Å²) in [4.78, 5) is 7.44. The van der Waals surface area contributed by atoms with Crippen LogP contribution in [0.1, 0.15) is 0 Å². The topological polar surface area (TPSA) is 72.1 Å². The van der Waals surface area contributed by atoms with Gasteiger partial charge < -0.3 is 9.72 Å². The molecular formula is C13H12N2O3S. The number of aromatic nitrogens is 2. The van der Waals surface area contributed by atoms with Crippen molar-refractivity contribution in [2.24, 2.45) is 0 Å². The quantitative estimate of drug-likeness (QED) is 0.778. The predicted molar refractivity (Wildman–Crippen MR) is 73.3 cm³/mol. The molecule has 5 nitrogen and oxygen atoms in total. The number of rotatable bonds is 2. The highest BCUT2D eigenvalue weighted by atomic mass is 32.2. The number of hydrogen-bond acceptors (Lipinski definition) is 4. The maximum absolute atomic E-state index is 11.6. The van der Waals surface area contributed by atoms with E-state index in [-0.39, 0.29) is 5.03 Å². The molecule has 0 aliphatic rings. The Morgan fingerprint density at radius 3 is 2.63 bits per heavy atom. The third-order valence-corrected chi connectivity index (χ3v) is 3.99. The van der Waals surface area contributed by atoms with E-state index in [0.29, 0.717) is 11.3 Å². The van der Waals surface area contributed by atoms with Crippen molar-refractivity contribution in [3.8, 4) is 5.75 Å². The van der Waals surface area contributed by atoms with Gasteiger partial charge in [-0.3, -0.25) is 0 Å². The number of methoxy groups -OCH3 is 1. The highest BCUT2D eigenvalue weighted by molar-refractivity contribution is 7.90. The van der Waals surface area contributed by atoms with Crippen LogP contribution in [0.5, 0.6) is 5.75 Å². The van der Waals surface area contributed by atoms with Gasteiger partial charge in [-0.05, 0) is 24.3 Å². The fraction of sp³-hybridized carbons (Fsp3) is 0.154. The van der Waals surface area contributed by atoms with E-state index in [9.17, 15) is 8.42 Å². The minimum absolute atomic E-state index is 0.0619. The number of H-pyrrole nitrogens is 1. The van der Waals surface area contributed by atoms with Crippen LogP contribution < -0.4 is 4.74 Å². The molecular weight excluding hydrogens is 264 g/mol. The third-order valence-electron chi connectivity index (χ3n) is 3.00. The van der Waals surface area contributed by atoms with Gasteiger partial charge in [0.15, 0.2) is 14.9 Å². The smallest absolute Gasteiger partial charge is 0.192 e. The standard InChI is InChI=1S/C13H12N2O3S/c1-18-10-5-3-4-8-12(10)13-9(14-8)6-7-11(15-13)19(2,16)17/h3-7,14H,1-2H3. The first kappa shape index (κ1) is 12.0.